The molecule has 2 aromatic rings. The molecule has 1 aromatic carbocycles. The highest BCUT2D eigenvalue weighted by atomic mass is 32.2. The maximum atomic E-state index is 13.3. The first kappa shape index (κ1) is 19.0. The second kappa shape index (κ2) is 7.57. The van der Waals surface area contributed by atoms with E-state index >= 15 is 0 Å². The summed E-state index contributed by atoms with van der Waals surface area (Å²) in [4.78, 5) is 14.0. The van der Waals surface area contributed by atoms with E-state index in [0.29, 0.717) is 31.9 Å². The smallest absolute Gasteiger partial charge is 0.276 e. The monoisotopic (exact) mass is 409 g/mol. The van der Waals surface area contributed by atoms with Gasteiger partial charge in [0.2, 0.25) is 10.0 Å². The van der Waals surface area contributed by atoms with Crippen LogP contribution in [0, 0.1) is 5.82 Å². The molecule has 0 radical (unpaired) electrons. The van der Waals surface area contributed by atoms with E-state index in [0.717, 1.165) is 0 Å². The van der Waals surface area contributed by atoms with E-state index in [9.17, 15) is 17.6 Å². The fourth-order valence-corrected chi connectivity index (χ4v) is 5.08. The van der Waals surface area contributed by atoms with Crippen LogP contribution in [0.2, 0.25) is 0 Å². The molecule has 0 saturated carbocycles. The molecule has 3 heterocycles. The molecular formula is C17H20FN5O4S. The molecule has 2 saturated heterocycles. The SMILES string of the molecule is O=C(c1cn(Cc2cccc(F)c2)nn1)N1CC(S(=O)(=O)N2CCOCC2)C1. The van der Waals surface area contributed by atoms with Crippen LogP contribution in [0.3, 0.4) is 0 Å². The van der Waals surface area contributed by atoms with Crippen molar-refractivity contribution in [3.63, 3.8) is 0 Å². The topological polar surface area (TPSA) is 97.6 Å². The summed E-state index contributed by atoms with van der Waals surface area (Å²) < 4.78 is 46.5. The van der Waals surface area contributed by atoms with Gasteiger partial charge in [-0.1, -0.05) is 17.3 Å². The Morgan fingerprint density at radius 1 is 1.25 bits per heavy atom. The molecule has 0 atom stereocenters. The average molecular weight is 409 g/mol. The van der Waals surface area contributed by atoms with Crippen LogP contribution >= 0.6 is 0 Å². The lowest BCUT2D eigenvalue weighted by molar-refractivity contribution is 0.0612. The molecule has 1 aromatic heterocycles. The lowest BCUT2D eigenvalue weighted by atomic mass is 10.2. The molecule has 0 spiro atoms. The average Bonchev–Trinajstić information content (AvgIpc) is 3.09. The van der Waals surface area contributed by atoms with E-state index in [1.165, 1.54) is 32.2 Å². The molecule has 11 heteroatoms. The first-order valence-corrected chi connectivity index (χ1v) is 10.4. The number of morpholine rings is 1. The molecule has 0 N–H and O–H groups in total. The Bertz CT molecular complexity index is 967. The van der Waals surface area contributed by atoms with E-state index in [1.807, 2.05) is 0 Å². The van der Waals surface area contributed by atoms with Gasteiger partial charge in [0.25, 0.3) is 5.91 Å². The zero-order chi connectivity index (χ0) is 19.7. The van der Waals surface area contributed by atoms with E-state index in [1.54, 1.807) is 12.1 Å². The highest BCUT2D eigenvalue weighted by molar-refractivity contribution is 7.89. The Hall–Kier alpha value is -2.37. The lowest BCUT2D eigenvalue weighted by Crippen LogP contribution is -2.61. The van der Waals surface area contributed by atoms with Crippen molar-refractivity contribution in [1.82, 2.24) is 24.2 Å². The molecule has 28 heavy (non-hydrogen) atoms. The predicted molar refractivity (Wildman–Crippen MR) is 96.5 cm³/mol. The van der Waals surface area contributed by atoms with Crippen LogP contribution in [0.5, 0.6) is 0 Å². The number of carbonyl (C=O) groups excluding carboxylic acids is 1. The van der Waals surface area contributed by atoms with Crippen LogP contribution in [0.1, 0.15) is 16.1 Å². The summed E-state index contributed by atoms with van der Waals surface area (Å²) in [5, 5.41) is 7.17. The largest absolute Gasteiger partial charge is 0.379 e. The van der Waals surface area contributed by atoms with Crippen molar-refractivity contribution in [1.29, 1.82) is 0 Å². The van der Waals surface area contributed by atoms with E-state index in [-0.39, 0.29) is 37.1 Å². The summed E-state index contributed by atoms with van der Waals surface area (Å²) in [5.74, 6) is -0.707. The van der Waals surface area contributed by atoms with Gasteiger partial charge in [0.15, 0.2) is 5.69 Å². The molecular weight excluding hydrogens is 389 g/mol. The summed E-state index contributed by atoms with van der Waals surface area (Å²) in [6, 6.07) is 6.09. The van der Waals surface area contributed by atoms with Crippen molar-refractivity contribution in [3.8, 4) is 0 Å². The Labute approximate surface area is 161 Å². The van der Waals surface area contributed by atoms with Gasteiger partial charge in [-0.05, 0) is 17.7 Å². The first-order chi connectivity index (χ1) is 13.4. The molecule has 0 bridgehead atoms. The second-order valence-corrected chi connectivity index (χ2v) is 9.03. The highest BCUT2D eigenvalue weighted by Gasteiger charge is 2.43. The van der Waals surface area contributed by atoms with Gasteiger partial charge in [-0.3, -0.25) is 4.79 Å². The maximum absolute atomic E-state index is 13.3. The fourth-order valence-electron chi connectivity index (χ4n) is 3.26. The third-order valence-corrected chi connectivity index (χ3v) is 7.10. The number of nitrogens with zero attached hydrogens (tertiary/aromatic N) is 5. The van der Waals surface area contributed by atoms with Gasteiger partial charge >= 0.3 is 0 Å². The fraction of sp³-hybridized carbons (Fsp3) is 0.471. The summed E-state index contributed by atoms with van der Waals surface area (Å²) >= 11 is 0. The zero-order valence-corrected chi connectivity index (χ0v) is 15.9. The number of ether oxygens (including phenoxy) is 1. The Balaban J connectivity index is 1.35. The van der Waals surface area contributed by atoms with E-state index in [4.69, 9.17) is 4.74 Å². The molecule has 2 aliphatic heterocycles. The van der Waals surface area contributed by atoms with Crippen molar-refractivity contribution >= 4 is 15.9 Å². The third kappa shape index (κ3) is 3.77. The summed E-state index contributed by atoms with van der Waals surface area (Å²) in [6.07, 6.45) is 1.48. The Morgan fingerprint density at radius 2 is 2.00 bits per heavy atom. The minimum absolute atomic E-state index is 0.134. The van der Waals surface area contributed by atoms with Crippen LogP contribution in [-0.4, -0.2) is 83.2 Å². The van der Waals surface area contributed by atoms with Crippen molar-refractivity contribution in [2.75, 3.05) is 39.4 Å². The normalized spacial score (nSPS) is 18.8. The summed E-state index contributed by atoms with van der Waals surface area (Å²) in [7, 11) is -3.43. The number of carbonyl (C=O) groups is 1. The zero-order valence-electron chi connectivity index (χ0n) is 15.1. The molecule has 9 nitrogen and oxygen atoms in total. The van der Waals surface area contributed by atoms with Crippen LogP contribution in [0.25, 0.3) is 0 Å². The van der Waals surface area contributed by atoms with E-state index in [2.05, 4.69) is 10.3 Å². The first-order valence-electron chi connectivity index (χ1n) is 8.94. The van der Waals surface area contributed by atoms with Gasteiger partial charge < -0.3 is 9.64 Å². The minimum Gasteiger partial charge on any atom is -0.379 e. The standard InChI is InChI=1S/C17H20FN5O4S/c18-14-3-1-2-13(8-14)9-22-12-16(19-20-22)17(24)21-10-15(11-21)28(25,26)23-4-6-27-7-5-23/h1-3,8,12,15H,4-7,9-11H2. The van der Waals surface area contributed by atoms with Crippen molar-refractivity contribution in [3.05, 3.63) is 47.5 Å². The number of aromatic nitrogens is 3. The number of hydrogen-bond acceptors (Lipinski definition) is 6. The van der Waals surface area contributed by atoms with Gasteiger partial charge in [0, 0.05) is 26.2 Å². The van der Waals surface area contributed by atoms with Gasteiger partial charge in [-0.25, -0.2) is 17.5 Å². The Morgan fingerprint density at radius 3 is 2.71 bits per heavy atom. The maximum Gasteiger partial charge on any atom is 0.276 e. The number of rotatable bonds is 5. The van der Waals surface area contributed by atoms with Crippen molar-refractivity contribution in [2.24, 2.45) is 0 Å². The number of halogens is 1. The van der Waals surface area contributed by atoms with Crippen molar-refractivity contribution in [2.45, 2.75) is 11.8 Å². The number of sulfonamides is 1. The summed E-state index contributed by atoms with van der Waals surface area (Å²) in [5.41, 5.74) is 0.836. The minimum atomic E-state index is -3.43. The van der Waals surface area contributed by atoms with Gasteiger partial charge in [-0.2, -0.15) is 4.31 Å². The molecule has 0 unspecified atom stereocenters. The van der Waals surface area contributed by atoms with Crippen LogP contribution in [-0.2, 0) is 21.3 Å². The summed E-state index contributed by atoms with van der Waals surface area (Å²) in [6.45, 7) is 2.03. The molecule has 2 fully saturated rings. The van der Waals surface area contributed by atoms with Crippen LogP contribution in [0.4, 0.5) is 4.39 Å². The number of amides is 1. The van der Waals surface area contributed by atoms with Gasteiger partial charge in [-0.15, -0.1) is 5.10 Å². The molecule has 2 aliphatic rings. The van der Waals surface area contributed by atoms with Crippen molar-refractivity contribution < 1.29 is 22.3 Å². The van der Waals surface area contributed by atoms with Gasteiger partial charge in [0.1, 0.15) is 11.1 Å². The predicted octanol–water partition coefficient (Wildman–Crippen LogP) is -0.0481. The highest BCUT2D eigenvalue weighted by Crippen LogP contribution is 2.22. The Kier molecular flexibility index (Phi) is 5.13. The third-order valence-electron chi connectivity index (χ3n) is 4.88. The molecule has 4 rings (SSSR count). The van der Waals surface area contributed by atoms with Gasteiger partial charge in [0.05, 0.1) is 26.0 Å². The number of likely N-dealkylation sites (tertiary alicyclic amines) is 1. The lowest BCUT2D eigenvalue weighted by Gasteiger charge is -2.41. The molecule has 150 valence electrons. The molecule has 1 amide bonds. The van der Waals surface area contributed by atoms with E-state index < -0.39 is 15.3 Å². The second-order valence-electron chi connectivity index (χ2n) is 6.82. The van der Waals surface area contributed by atoms with Crippen LogP contribution in [0.15, 0.2) is 30.5 Å². The number of benzene rings is 1. The number of hydrogen-bond donors (Lipinski definition) is 0. The molecule has 0 aliphatic carbocycles. The quantitative estimate of drug-likeness (QED) is 0.687. The van der Waals surface area contributed by atoms with Crippen LogP contribution < -0.4 is 0 Å².